The van der Waals surface area contributed by atoms with E-state index in [9.17, 15) is 27.6 Å². The molecule has 0 aliphatic carbocycles. The highest BCUT2D eigenvalue weighted by atomic mass is 32.2. The molecule has 1 aliphatic rings. The second-order valence-corrected chi connectivity index (χ2v) is 9.91. The molecule has 0 spiro atoms. The van der Waals surface area contributed by atoms with Crippen molar-refractivity contribution in [2.24, 2.45) is 0 Å². The quantitative estimate of drug-likeness (QED) is 0.238. The Morgan fingerprint density at radius 3 is 2.77 bits per heavy atom. The molecule has 39 heavy (non-hydrogen) atoms. The predicted octanol–water partition coefficient (Wildman–Crippen LogP) is 4.10. The van der Waals surface area contributed by atoms with Crippen LogP contribution in [-0.4, -0.2) is 71.6 Å². The average molecular weight is 560 g/mol. The number of thioether (sulfide) groups is 1. The molecule has 0 unspecified atom stereocenters. The number of anilines is 2. The molecule has 2 atom stereocenters. The minimum absolute atomic E-state index is 0.0277. The summed E-state index contributed by atoms with van der Waals surface area (Å²) in [5.41, 5.74) is -3.09. The van der Waals surface area contributed by atoms with Crippen LogP contribution in [0.15, 0.2) is 41.6 Å². The van der Waals surface area contributed by atoms with Gasteiger partial charge in [0.2, 0.25) is 0 Å². The van der Waals surface area contributed by atoms with E-state index in [-0.39, 0.29) is 52.7 Å². The van der Waals surface area contributed by atoms with Crippen molar-refractivity contribution in [3.63, 3.8) is 0 Å². The van der Waals surface area contributed by atoms with Gasteiger partial charge in [0.15, 0.2) is 5.65 Å². The highest BCUT2D eigenvalue weighted by Gasteiger charge is 2.33. The molecule has 1 saturated heterocycles. The van der Waals surface area contributed by atoms with Gasteiger partial charge in [-0.2, -0.15) is 18.4 Å². The number of nitrogens with zero attached hydrogens (tertiary/aromatic N) is 4. The summed E-state index contributed by atoms with van der Waals surface area (Å²) in [5, 5.41) is 17.7. The smallest absolute Gasteiger partial charge is 0.376 e. The van der Waals surface area contributed by atoms with Crippen LogP contribution in [0.3, 0.4) is 0 Å². The summed E-state index contributed by atoms with van der Waals surface area (Å²) in [4.78, 5) is 18.2. The maximum atomic E-state index is 14.6. The van der Waals surface area contributed by atoms with Gasteiger partial charge in [-0.15, -0.1) is 0 Å². The van der Waals surface area contributed by atoms with E-state index in [0.29, 0.717) is 29.9 Å². The van der Waals surface area contributed by atoms with Crippen molar-refractivity contribution in [1.29, 1.82) is 5.26 Å². The monoisotopic (exact) mass is 559 g/mol. The van der Waals surface area contributed by atoms with Gasteiger partial charge in [-0.25, -0.2) is 9.37 Å². The van der Waals surface area contributed by atoms with Crippen LogP contribution in [0.1, 0.15) is 28.0 Å². The number of halogens is 4. The standard InChI is InChI=1S/C26H25F4N7OS/c1-32-24(38)16-7-8-17(14-31)22(13-16)33-10-3-5-21-25(39-26(28,29)30)37-11-4-6-20(23(37)35-21)34-19-9-12-36(2)15-18(19)27/h4,6-8,11,13,18-19,33-34H,9-10,12,15H2,1-2H3,(H,32,38)/t18-,19+/m0/s1. The number of hydrogen-bond acceptors (Lipinski definition) is 7. The lowest BCUT2D eigenvalue weighted by atomic mass is 10.0. The SMILES string of the molecule is CNC(=O)c1ccc(C#N)c(NCC#Cc2nc3c(N[C@@H]4CCN(C)C[C@@H]4F)cccn3c2SC(F)(F)F)c1. The Hall–Kier alpha value is -3.94. The molecule has 0 saturated carbocycles. The van der Waals surface area contributed by atoms with Crippen molar-refractivity contribution >= 4 is 34.7 Å². The Kier molecular flexibility index (Phi) is 8.53. The third-order valence-corrected chi connectivity index (χ3v) is 6.92. The maximum Gasteiger partial charge on any atom is 0.447 e. The summed E-state index contributed by atoms with van der Waals surface area (Å²) in [6, 6.07) is 9.22. The third kappa shape index (κ3) is 6.74. The molecule has 8 nitrogen and oxygen atoms in total. The minimum Gasteiger partial charge on any atom is -0.376 e. The Labute approximate surface area is 226 Å². The van der Waals surface area contributed by atoms with Gasteiger partial charge in [0, 0.05) is 43.7 Å². The summed E-state index contributed by atoms with van der Waals surface area (Å²) in [6.45, 7) is 0.919. The van der Waals surface area contributed by atoms with Crippen molar-refractivity contribution in [3.05, 3.63) is 53.3 Å². The summed E-state index contributed by atoms with van der Waals surface area (Å²) in [5.74, 6) is 5.10. The molecule has 3 heterocycles. The third-order valence-electron chi connectivity index (χ3n) is 6.11. The van der Waals surface area contributed by atoms with Gasteiger partial charge in [0.1, 0.15) is 23.0 Å². The first-order valence-corrected chi connectivity index (χ1v) is 12.8. The molecule has 3 N–H and O–H groups in total. The average Bonchev–Trinajstić information content (AvgIpc) is 3.24. The molecular weight excluding hydrogens is 534 g/mol. The molecule has 3 aromatic rings. The first kappa shape index (κ1) is 28.1. The van der Waals surface area contributed by atoms with E-state index in [1.165, 1.54) is 35.8 Å². The van der Waals surface area contributed by atoms with Crippen LogP contribution in [0.25, 0.3) is 5.65 Å². The van der Waals surface area contributed by atoms with E-state index in [1.54, 1.807) is 12.1 Å². The number of rotatable bonds is 6. The number of aromatic nitrogens is 2. The zero-order valence-corrected chi connectivity index (χ0v) is 21.9. The molecule has 4 rings (SSSR count). The number of pyridine rings is 1. The zero-order valence-electron chi connectivity index (χ0n) is 21.1. The van der Waals surface area contributed by atoms with E-state index >= 15 is 0 Å². The van der Waals surface area contributed by atoms with E-state index in [0.717, 1.165) is 0 Å². The lowest BCUT2D eigenvalue weighted by Crippen LogP contribution is -2.46. The number of amides is 1. The van der Waals surface area contributed by atoms with Gasteiger partial charge in [-0.3, -0.25) is 9.20 Å². The number of carbonyl (C=O) groups is 1. The molecule has 2 aromatic heterocycles. The Balaban J connectivity index is 1.62. The lowest BCUT2D eigenvalue weighted by molar-refractivity contribution is -0.0330. The summed E-state index contributed by atoms with van der Waals surface area (Å²) < 4.78 is 56.2. The van der Waals surface area contributed by atoms with Crippen LogP contribution in [0.4, 0.5) is 28.9 Å². The Morgan fingerprint density at radius 2 is 2.08 bits per heavy atom. The summed E-state index contributed by atoms with van der Waals surface area (Å²) in [7, 11) is 3.31. The normalized spacial score (nSPS) is 17.7. The Morgan fingerprint density at radius 1 is 1.28 bits per heavy atom. The van der Waals surface area contributed by atoms with Gasteiger partial charge < -0.3 is 20.9 Å². The van der Waals surface area contributed by atoms with E-state index in [1.807, 2.05) is 18.0 Å². The van der Waals surface area contributed by atoms with Gasteiger partial charge in [0.05, 0.1) is 29.5 Å². The molecule has 0 radical (unpaired) electrons. The lowest BCUT2D eigenvalue weighted by Gasteiger charge is -2.33. The van der Waals surface area contributed by atoms with Gasteiger partial charge in [0.25, 0.3) is 5.91 Å². The number of fused-ring (bicyclic) bond motifs is 1. The molecule has 1 aliphatic heterocycles. The van der Waals surface area contributed by atoms with Crippen molar-refractivity contribution in [2.75, 3.05) is 44.4 Å². The fraction of sp³-hybridized carbons (Fsp3) is 0.346. The topological polar surface area (TPSA) is 97.5 Å². The predicted molar refractivity (Wildman–Crippen MR) is 141 cm³/mol. The highest BCUT2D eigenvalue weighted by molar-refractivity contribution is 8.00. The maximum absolute atomic E-state index is 14.6. The minimum atomic E-state index is -4.59. The van der Waals surface area contributed by atoms with Crippen LogP contribution in [0.2, 0.25) is 0 Å². The number of hydrogen-bond donors (Lipinski definition) is 3. The van der Waals surface area contributed by atoms with E-state index in [4.69, 9.17) is 0 Å². The number of benzene rings is 1. The van der Waals surface area contributed by atoms with Crippen molar-refractivity contribution in [2.45, 2.75) is 29.2 Å². The number of likely N-dealkylation sites (tertiary alicyclic amines) is 1. The van der Waals surface area contributed by atoms with Crippen LogP contribution in [0.5, 0.6) is 0 Å². The largest absolute Gasteiger partial charge is 0.447 e. The summed E-state index contributed by atoms with van der Waals surface area (Å²) in [6.07, 6.45) is 0.845. The van der Waals surface area contributed by atoms with Crippen molar-refractivity contribution in [3.8, 4) is 17.9 Å². The Bertz CT molecular complexity index is 1470. The molecule has 13 heteroatoms. The molecule has 1 amide bonds. The fourth-order valence-corrected chi connectivity index (χ4v) is 4.87. The molecule has 1 fully saturated rings. The first-order valence-electron chi connectivity index (χ1n) is 11.9. The number of carbonyl (C=O) groups excluding carboxylic acids is 1. The van der Waals surface area contributed by atoms with Crippen LogP contribution in [0, 0.1) is 23.2 Å². The molecule has 1 aromatic carbocycles. The molecule has 204 valence electrons. The second kappa shape index (κ2) is 11.8. The van der Waals surface area contributed by atoms with Gasteiger partial charge >= 0.3 is 5.51 Å². The molecule has 0 bridgehead atoms. The van der Waals surface area contributed by atoms with Gasteiger partial charge in [-0.1, -0.05) is 5.92 Å². The van der Waals surface area contributed by atoms with E-state index in [2.05, 4.69) is 32.8 Å². The van der Waals surface area contributed by atoms with Crippen molar-refractivity contribution in [1.82, 2.24) is 19.6 Å². The fourth-order valence-electron chi connectivity index (χ4n) is 4.21. The molecular formula is C26H25F4N7OS. The van der Waals surface area contributed by atoms with E-state index < -0.39 is 17.7 Å². The van der Waals surface area contributed by atoms with Crippen LogP contribution < -0.4 is 16.0 Å². The highest BCUT2D eigenvalue weighted by Crippen LogP contribution is 2.39. The zero-order chi connectivity index (χ0) is 28.2. The number of nitrogens with one attached hydrogen (secondary N) is 3. The number of imidazole rings is 1. The van der Waals surface area contributed by atoms with Crippen LogP contribution in [-0.2, 0) is 0 Å². The first-order chi connectivity index (χ1) is 18.6. The number of piperidine rings is 1. The van der Waals surface area contributed by atoms with Crippen molar-refractivity contribution < 1.29 is 22.4 Å². The summed E-state index contributed by atoms with van der Waals surface area (Å²) >= 11 is -0.331. The van der Waals surface area contributed by atoms with Gasteiger partial charge in [-0.05, 0) is 49.7 Å². The van der Waals surface area contributed by atoms with Crippen LogP contribution >= 0.6 is 11.8 Å². The number of nitriles is 1. The second-order valence-electron chi connectivity index (χ2n) is 8.85. The number of alkyl halides is 4.